The van der Waals surface area contributed by atoms with Crippen molar-refractivity contribution in [1.29, 1.82) is 0 Å². The summed E-state index contributed by atoms with van der Waals surface area (Å²) in [7, 11) is 3.41. The summed E-state index contributed by atoms with van der Waals surface area (Å²) in [4.78, 5) is 26.3. The number of hydrogen-bond acceptors (Lipinski definition) is 8. The lowest BCUT2D eigenvalue weighted by atomic mass is 9.69. The number of piperidine rings is 1. The van der Waals surface area contributed by atoms with Gasteiger partial charge in [0, 0.05) is 13.5 Å². The molecule has 0 aromatic carbocycles. The zero-order valence-corrected chi connectivity index (χ0v) is 18.2. The molecule has 1 aromatic heterocycles. The molecule has 10 heteroatoms. The summed E-state index contributed by atoms with van der Waals surface area (Å²) in [6, 6.07) is -1.71. The van der Waals surface area contributed by atoms with Crippen molar-refractivity contribution in [2.75, 3.05) is 33.8 Å². The zero-order chi connectivity index (χ0) is 22.4. The van der Waals surface area contributed by atoms with E-state index in [0.717, 1.165) is 37.9 Å². The van der Waals surface area contributed by atoms with Crippen molar-refractivity contribution in [2.24, 2.45) is 17.8 Å². The van der Waals surface area contributed by atoms with Crippen molar-refractivity contribution in [3.05, 3.63) is 5.82 Å². The Balaban J connectivity index is 1.46. The molecule has 2 aliphatic rings. The monoisotopic (exact) mass is 422 g/mol. The number of carbonyl (C=O) groups excluding carboxylic acids is 2. The Labute approximate surface area is 179 Å². The number of aromatic nitrogens is 4. The number of hydrogen-bond donors (Lipinski definition) is 3. The standard InChI is InChI=1S/C20H35N7O3/c1-13(21-2)19(28)27(3)8-9-30-20(29)17-11-16-10-14(4-6-15(16)12-22-17)5-7-18-23-25-26-24-18/h13-17,21-22H,4-12H2,1-3H3,(H,23,24,25,26)/t13-,14+,15-,16+,17-/m0/s1/i17D. The number of esters is 1. The molecule has 0 spiro atoms. The summed E-state index contributed by atoms with van der Waals surface area (Å²) >= 11 is 0. The molecule has 1 aliphatic carbocycles. The molecule has 1 aromatic rings. The van der Waals surface area contributed by atoms with Crippen LogP contribution in [0.4, 0.5) is 0 Å². The summed E-state index contributed by atoms with van der Waals surface area (Å²) in [5.74, 6) is 1.50. The van der Waals surface area contributed by atoms with Gasteiger partial charge in [-0.25, -0.2) is 0 Å². The topological polar surface area (TPSA) is 125 Å². The van der Waals surface area contributed by atoms with Crippen molar-refractivity contribution in [3.63, 3.8) is 0 Å². The zero-order valence-electron chi connectivity index (χ0n) is 19.2. The van der Waals surface area contributed by atoms with Gasteiger partial charge in [-0.15, -0.1) is 10.2 Å². The first-order valence-electron chi connectivity index (χ1n) is 11.4. The number of H-pyrrole nitrogens is 1. The van der Waals surface area contributed by atoms with Crippen LogP contribution in [0, 0.1) is 17.8 Å². The summed E-state index contributed by atoms with van der Waals surface area (Å²) in [6.07, 6.45) is 5.52. The Bertz CT molecular complexity index is 734. The second-order valence-corrected chi connectivity index (χ2v) is 8.54. The number of ether oxygens (including phenoxy) is 1. The minimum atomic E-state index is -1.42. The highest BCUT2D eigenvalue weighted by atomic mass is 16.5. The lowest BCUT2D eigenvalue weighted by Gasteiger charge is -2.42. The minimum Gasteiger partial charge on any atom is -0.463 e. The van der Waals surface area contributed by atoms with E-state index in [2.05, 4.69) is 31.3 Å². The molecule has 2 heterocycles. The molecule has 0 unspecified atom stereocenters. The second kappa shape index (κ2) is 10.8. The fraction of sp³-hybridized carbons (Fsp3) is 0.850. The van der Waals surface area contributed by atoms with Crippen LogP contribution in [0.1, 0.15) is 46.2 Å². The van der Waals surface area contributed by atoms with Crippen LogP contribution in [-0.4, -0.2) is 83.3 Å². The van der Waals surface area contributed by atoms with Gasteiger partial charge in [0.05, 0.1) is 14.0 Å². The van der Waals surface area contributed by atoms with Crippen molar-refractivity contribution in [2.45, 2.75) is 57.5 Å². The smallest absolute Gasteiger partial charge is 0.323 e. The fourth-order valence-corrected chi connectivity index (χ4v) is 4.50. The fourth-order valence-electron chi connectivity index (χ4n) is 4.50. The summed E-state index contributed by atoms with van der Waals surface area (Å²) < 4.78 is 14.1. The van der Waals surface area contributed by atoms with Gasteiger partial charge in [0.15, 0.2) is 5.82 Å². The van der Waals surface area contributed by atoms with Gasteiger partial charge in [-0.05, 0) is 64.0 Å². The number of rotatable bonds is 9. The van der Waals surface area contributed by atoms with Gasteiger partial charge >= 0.3 is 5.97 Å². The lowest BCUT2D eigenvalue weighted by Crippen LogP contribution is -2.50. The third-order valence-corrected chi connectivity index (χ3v) is 6.54. The predicted octanol–water partition coefficient (Wildman–Crippen LogP) is 0.136. The number of aryl methyl sites for hydroxylation is 1. The van der Waals surface area contributed by atoms with Crippen LogP contribution >= 0.6 is 0 Å². The average molecular weight is 423 g/mol. The molecular weight excluding hydrogens is 386 g/mol. The van der Waals surface area contributed by atoms with Crippen LogP contribution in [0.5, 0.6) is 0 Å². The van der Waals surface area contributed by atoms with Crippen LogP contribution in [0.25, 0.3) is 0 Å². The molecule has 2 fully saturated rings. The Morgan fingerprint density at radius 1 is 1.37 bits per heavy atom. The van der Waals surface area contributed by atoms with Crippen molar-refractivity contribution in [1.82, 2.24) is 36.2 Å². The Kier molecular flexibility index (Phi) is 7.63. The molecule has 0 bridgehead atoms. The Hall–Kier alpha value is -2.07. The van der Waals surface area contributed by atoms with Crippen LogP contribution in [-0.2, 0) is 20.7 Å². The lowest BCUT2D eigenvalue weighted by molar-refractivity contribution is -0.149. The van der Waals surface area contributed by atoms with Gasteiger partial charge in [0.2, 0.25) is 5.91 Å². The van der Waals surface area contributed by atoms with E-state index >= 15 is 0 Å². The molecule has 1 amide bonds. The molecule has 1 saturated heterocycles. The van der Waals surface area contributed by atoms with E-state index in [1.165, 1.54) is 4.90 Å². The highest BCUT2D eigenvalue weighted by molar-refractivity contribution is 5.81. The maximum Gasteiger partial charge on any atom is 0.323 e. The summed E-state index contributed by atoms with van der Waals surface area (Å²) in [6.45, 7) is 2.84. The van der Waals surface area contributed by atoms with Gasteiger partial charge < -0.3 is 20.3 Å². The Morgan fingerprint density at radius 2 is 2.20 bits per heavy atom. The summed E-state index contributed by atoms with van der Waals surface area (Å²) in [5.41, 5.74) is 0. The van der Waals surface area contributed by atoms with E-state index in [4.69, 9.17) is 6.11 Å². The molecule has 0 radical (unpaired) electrons. The largest absolute Gasteiger partial charge is 0.463 e. The number of aromatic amines is 1. The number of amides is 1. The number of nitrogens with zero attached hydrogens (tertiary/aromatic N) is 4. The van der Waals surface area contributed by atoms with Gasteiger partial charge in [-0.3, -0.25) is 9.59 Å². The number of carbonyl (C=O) groups is 2. The van der Waals surface area contributed by atoms with Crippen molar-refractivity contribution in [3.8, 4) is 0 Å². The van der Waals surface area contributed by atoms with Crippen LogP contribution < -0.4 is 10.6 Å². The third-order valence-electron chi connectivity index (χ3n) is 6.54. The number of nitrogens with one attached hydrogen (secondary N) is 3. The van der Waals surface area contributed by atoms with E-state index in [1.54, 1.807) is 21.0 Å². The van der Waals surface area contributed by atoms with Gasteiger partial charge in [0.25, 0.3) is 0 Å². The van der Waals surface area contributed by atoms with E-state index < -0.39 is 12.0 Å². The molecular formula is C20H35N7O3. The predicted molar refractivity (Wildman–Crippen MR) is 110 cm³/mol. The average Bonchev–Trinajstić information content (AvgIpc) is 3.29. The quantitative estimate of drug-likeness (QED) is 0.480. The first kappa shape index (κ1) is 21.2. The number of fused-ring (bicyclic) bond motifs is 1. The van der Waals surface area contributed by atoms with E-state index in [9.17, 15) is 9.59 Å². The molecule has 30 heavy (non-hydrogen) atoms. The maximum atomic E-state index is 12.7. The Morgan fingerprint density at radius 3 is 2.93 bits per heavy atom. The van der Waals surface area contributed by atoms with Crippen LogP contribution in [0.3, 0.4) is 0 Å². The van der Waals surface area contributed by atoms with E-state index in [1.807, 2.05) is 0 Å². The highest BCUT2D eigenvalue weighted by Crippen LogP contribution is 2.40. The van der Waals surface area contributed by atoms with Crippen LogP contribution in [0.2, 0.25) is 0 Å². The normalized spacial score (nSPS) is 30.1. The molecule has 1 aliphatic heterocycles. The van der Waals surface area contributed by atoms with Gasteiger partial charge in [0.1, 0.15) is 12.6 Å². The minimum absolute atomic E-state index is 0.0631. The molecule has 168 valence electrons. The number of tetrazole rings is 1. The molecule has 10 nitrogen and oxygen atoms in total. The van der Waals surface area contributed by atoms with E-state index in [-0.39, 0.29) is 18.6 Å². The van der Waals surface area contributed by atoms with Crippen molar-refractivity contribution >= 4 is 11.9 Å². The second-order valence-electron chi connectivity index (χ2n) is 8.54. The van der Waals surface area contributed by atoms with Crippen LogP contribution in [0.15, 0.2) is 0 Å². The molecule has 3 rings (SSSR count). The SMILES string of the molecule is [2H][C@@]1(C(=O)OCCN(C)C(=O)[C@H](C)NC)C[C@H]2C[C@@H](CCc3nn[nH]n3)CC[C@H]2CN1. The molecule has 5 atom stereocenters. The maximum absolute atomic E-state index is 12.7. The summed E-state index contributed by atoms with van der Waals surface area (Å²) in [5, 5.41) is 20.1. The van der Waals surface area contributed by atoms with Gasteiger partial charge in [-0.2, -0.15) is 5.21 Å². The third kappa shape index (κ3) is 5.98. The first-order chi connectivity index (χ1) is 14.8. The first-order valence-corrected chi connectivity index (χ1v) is 10.9. The number of likely N-dealkylation sites (N-methyl/N-ethyl adjacent to an activating group) is 2. The highest BCUT2D eigenvalue weighted by Gasteiger charge is 2.38. The molecule has 3 N–H and O–H groups in total. The van der Waals surface area contributed by atoms with Gasteiger partial charge in [-0.1, -0.05) is 11.6 Å². The molecule has 1 saturated carbocycles. The van der Waals surface area contributed by atoms with Crippen molar-refractivity contribution < 1.29 is 15.7 Å². The van der Waals surface area contributed by atoms with E-state index in [0.29, 0.717) is 37.3 Å².